The predicted molar refractivity (Wildman–Crippen MR) is 63.6 cm³/mol. The van der Waals surface area contributed by atoms with E-state index in [0.717, 1.165) is 12.8 Å². The molecule has 0 aliphatic heterocycles. The fraction of sp³-hybridized carbons (Fsp3) is 0.462. The molecule has 0 atom stereocenters. The average molecular weight is 237 g/mol. The molecule has 1 aliphatic rings. The highest BCUT2D eigenvalue weighted by molar-refractivity contribution is 5.84. The number of nitrogens with zero attached hydrogens (tertiary/aromatic N) is 1. The molecular formula is C13H16FNO2. The Morgan fingerprint density at radius 2 is 2.06 bits per heavy atom. The van der Waals surface area contributed by atoms with E-state index >= 15 is 0 Å². The summed E-state index contributed by atoms with van der Waals surface area (Å²) in [6.07, 6.45) is 3.06. The molecule has 0 radical (unpaired) electrons. The summed E-state index contributed by atoms with van der Waals surface area (Å²) in [5, 5.41) is 9.43. The summed E-state index contributed by atoms with van der Waals surface area (Å²) in [5.41, 5.74) is -0.248. The quantitative estimate of drug-likeness (QED) is 0.878. The number of halogens is 1. The second kappa shape index (κ2) is 4.35. The molecule has 1 N–H and O–H groups in total. The highest BCUT2D eigenvalue weighted by atomic mass is 19.1. The highest BCUT2D eigenvalue weighted by Gasteiger charge is 2.45. The first-order chi connectivity index (χ1) is 8.06. The van der Waals surface area contributed by atoms with Gasteiger partial charge in [0.15, 0.2) is 0 Å². The van der Waals surface area contributed by atoms with Crippen LogP contribution in [0.4, 0.5) is 10.1 Å². The van der Waals surface area contributed by atoms with Crippen molar-refractivity contribution in [2.45, 2.75) is 31.2 Å². The molecule has 1 aromatic rings. The molecule has 1 aromatic carbocycles. The van der Waals surface area contributed by atoms with Crippen LogP contribution in [0.25, 0.3) is 0 Å². The minimum absolute atomic E-state index is 0.340. The molecule has 0 aromatic heterocycles. The SMILES string of the molecule is CN(c1cccc(F)c1)C1(C(=O)O)CCCC1. The smallest absolute Gasteiger partial charge is 0.329 e. The van der Waals surface area contributed by atoms with Crippen LogP contribution in [0.5, 0.6) is 0 Å². The van der Waals surface area contributed by atoms with Crippen LogP contribution in [0, 0.1) is 5.82 Å². The van der Waals surface area contributed by atoms with E-state index in [0.29, 0.717) is 18.5 Å². The number of aliphatic carboxylic acids is 1. The van der Waals surface area contributed by atoms with Crippen LogP contribution in [0.2, 0.25) is 0 Å². The largest absolute Gasteiger partial charge is 0.479 e. The fourth-order valence-corrected chi connectivity index (χ4v) is 2.58. The number of hydrogen-bond acceptors (Lipinski definition) is 2. The van der Waals surface area contributed by atoms with Gasteiger partial charge in [0.25, 0.3) is 0 Å². The molecule has 1 aliphatic carbocycles. The zero-order valence-electron chi connectivity index (χ0n) is 9.82. The lowest BCUT2D eigenvalue weighted by atomic mass is 9.95. The number of carboxylic acids is 1. The number of hydrogen-bond donors (Lipinski definition) is 1. The summed E-state index contributed by atoms with van der Waals surface area (Å²) in [5.74, 6) is -1.16. The summed E-state index contributed by atoms with van der Waals surface area (Å²) in [7, 11) is 1.73. The third-order valence-electron chi connectivity index (χ3n) is 3.67. The monoisotopic (exact) mass is 237 g/mol. The first-order valence-electron chi connectivity index (χ1n) is 5.79. The summed E-state index contributed by atoms with van der Waals surface area (Å²) < 4.78 is 13.2. The molecule has 0 bridgehead atoms. The van der Waals surface area contributed by atoms with Crippen molar-refractivity contribution in [2.75, 3.05) is 11.9 Å². The van der Waals surface area contributed by atoms with Crippen molar-refractivity contribution in [2.24, 2.45) is 0 Å². The molecule has 1 saturated carbocycles. The lowest BCUT2D eigenvalue weighted by Gasteiger charge is -2.36. The maximum Gasteiger partial charge on any atom is 0.329 e. The number of likely N-dealkylation sites (N-methyl/N-ethyl adjacent to an activating group) is 1. The zero-order valence-corrected chi connectivity index (χ0v) is 9.82. The van der Waals surface area contributed by atoms with E-state index in [1.807, 2.05) is 0 Å². The lowest BCUT2D eigenvalue weighted by molar-refractivity contribution is -0.143. The Balaban J connectivity index is 2.35. The lowest BCUT2D eigenvalue weighted by Crippen LogP contribution is -2.51. The number of anilines is 1. The van der Waals surface area contributed by atoms with E-state index in [1.54, 1.807) is 24.1 Å². The van der Waals surface area contributed by atoms with Crippen molar-refractivity contribution in [3.63, 3.8) is 0 Å². The number of rotatable bonds is 3. The van der Waals surface area contributed by atoms with Crippen molar-refractivity contribution in [3.05, 3.63) is 30.1 Å². The van der Waals surface area contributed by atoms with Gasteiger partial charge in [-0.05, 0) is 31.0 Å². The highest BCUT2D eigenvalue weighted by Crippen LogP contribution is 2.37. The molecule has 3 nitrogen and oxygen atoms in total. The molecule has 0 heterocycles. The second-order valence-corrected chi connectivity index (χ2v) is 4.58. The van der Waals surface area contributed by atoms with Crippen molar-refractivity contribution >= 4 is 11.7 Å². The molecule has 1 fully saturated rings. The normalized spacial score (nSPS) is 18.0. The van der Waals surface area contributed by atoms with E-state index < -0.39 is 11.5 Å². The minimum atomic E-state index is -0.867. The van der Waals surface area contributed by atoms with Gasteiger partial charge in [-0.25, -0.2) is 9.18 Å². The van der Waals surface area contributed by atoms with Crippen LogP contribution in [-0.4, -0.2) is 23.7 Å². The molecule has 2 rings (SSSR count). The van der Waals surface area contributed by atoms with Crippen LogP contribution in [0.3, 0.4) is 0 Å². The Labute approximate surface area is 99.9 Å². The number of benzene rings is 1. The number of carbonyl (C=O) groups is 1. The maximum atomic E-state index is 13.2. The average Bonchev–Trinajstić information content (AvgIpc) is 2.78. The standard InChI is InChI=1S/C13H16FNO2/c1-15(11-6-4-5-10(14)9-11)13(12(16)17)7-2-3-8-13/h4-6,9H,2-3,7-8H2,1H3,(H,16,17). The van der Waals surface area contributed by atoms with Gasteiger partial charge in [-0.15, -0.1) is 0 Å². The van der Waals surface area contributed by atoms with Crippen molar-refractivity contribution in [3.8, 4) is 0 Å². The van der Waals surface area contributed by atoms with Gasteiger partial charge in [-0.3, -0.25) is 0 Å². The molecule has 17 heavy (non-hydrogen) atoms. The van der Waals surface area contributed by atoms with E-state index in [9.17, 15) is 14.3 Å². The van der Waals surface area contributed by atoms with Gasteiger partial charge >= 0.3 is 5.97 Å². The number of carboxylic acid groups (broad SMARTS) is 1. The second-order valence-electron chi connectivity index (χ2n) is 4.58. The van der Waals surface area contributed by atoms with Crippen LogP contribution in [0.15, 0.2) is 24.3 Å². The maximum absolute atomic E-state index is 13.2. The molecular weight excluding hydrogens is 221 g/mol. The molecule has 0 amide bonds. The molecule has 0 saturated heterocycles. The van der Waals surface area contributed by atoms with Gasteiger partial charge in [-0.2, -0.15) is 0 Å². The van der Waals surface area contributed by atoms with E-state index in [1.165, 1.54) is 12.1 Å². The van der Waals surface area contributed by atoms with Crippen LogP contribution in [0.1, 0.15) is 25.7 Å². The van der Waals surface area contributed by atoms with Crippen molar-refractivity contribution in [1.82, 2.24) is 0 Å². The summed E-state index contributed by atoms with van der Waals surface area (Å²) in [6, 6.07) is 6.08. The molecule has 4 heteroatoms. The van der Waals surface area contributed by atoms with E-state index in [4.69, 9.17) is 0 Å². The van der Waals surface area contributed by atoms with Crippen LogP contribution in [-0.2, 0) is 4.79 Å². The van der Waals surface area contributed by atoms with Crippen molar-refractivity contribution in [1.29, 1.82) is 0 Å². The van der Waals surface area contributed by atoms with Crippen LogP contribution < -0.4 is 4.90 Å². The first kappa shape index (κ1) is 11.9. The summed E-state index contributed by atoms with van der Waals surface area (Å²) >= 11 is 0. The van der Waals surface area contributed by atoms with Gasteiger partial charge in [0, 0.05) is 12.7 Å². The first-order valence-corrected chi connectivity index (χ1v) is 5.79. The van der Waals surface area contributed by atoms with Gasteiger partial charge < -0.3 is 10.0 Å². The van der Waals surface area contributed by atoms with Gasteiger partial charge in [0.05, 0.1) is 0 Å². The Kier molecular flexibility index (Phi) is 3.05. The van der Waals surface area contributed by atoms with Gasteiger partial charge in [0.2, 0.25) is 0 Å². The topological polar surface area (TPSA) is 40.5 Å². The third-order valence-corrected chi connectivity index (χ3v) is 3.67. The molecule has 0 spiro atoms. The van der Waals surface area contributed by atoms with E-state index in [-0.39, 0.29) is 5.82 Å². The molecule has 0 unspecified atom stereocenters. The third kappa shape index (κ3) is 1.99. The van der Waals surface area contributed by atoms with Gasteiger partial charge in [-0.1, -0.05) is 18.9 Å². The Morgan fingerprint density at radius 1 is 1.41 bits per heavy atom. The van der Waals surface area contributed by atoms with Gasteiger partial charge in [0.1, 0.15) is 11.4 Å². The Hall–Kier alpha value is -1.58. The molecule has 92 valence electrons. The zero-order chi connectivity index (χ0) is 12.5. The fourth-order valence-electron chi connectivity index (χ4n) is 2.58. The summed E-state index contributed by atoms with van der Waals surface area (Å²) in [6.45, 7) is 0. The Morgan fingerprint density at radius 3 is 2.59 bits per heavy atom. The predicted octanol–water partition coefficient (Wildman–Crippen LogP) is 2.66. The summed E-state index contributed by atoms with van der Waals surface area (Å²) in [4.78, 5) is 13.2. The van der Waals surface area contributed by atoms with Crippen LogP contribution >= 0.6 is 0 Å². The minimum Gasteiger partial charge on any atom is -0.479 e. The van der Waals surface area contributed by atoms with Crippen molar-refractivity contribution < 1.29 is 14.3 Å². The Bertz CT molecular complexity index is 427. The van der Waals surface area contributed by atoms with E-state index in [2.05, 4.69) is 0 Å².